The minimum Gasteiger partial charge on any atom is -0.481 e. The average Bonchev–Trinajstić information content (AvgIpc) is 2.39. The molecule has 0 saturated carbocycles. The van der Waals surface area contributed by atoms with E-state index in [0.717, 1.165) is 0 Å². The fourth-order valence-electron chi connectivity index (χ4n) is 2.20. The Morgan fingerprint density at radius 1 is 1.53 bits per heavy atom. The number of hydrogen-bond donors (Lipinski definition) is 1. The van der Waals surface area contributed by atoms with E-state index in [1.54, 1.807) is 11.8 Å². The van der Waals surface area contributed by atoms with Crippen molar-refractivity contribution in [2.75, 3.05) is 18.0 Å². The molecule has 0 unspecified atom stereocenters. The third kappa shape index (κ3) is 2.49. The van der Waals surface area contributed by atoms with Crippen LogP contribution in [0.5, 0.6) is 0 Å². The van der Waals surface area contributed by atoms with Crippen molar-refractivity contribution in [3.63, 3.8) is 0 Å². The lowest BCUT2D eigenvalue weighted by molar-refractivity contribution is -0.384. The maximum atomic E-state index is 11.2. The summed E-state index contributed by atoms with van der Waals surface area (Å²) in [4.78, 5) is 27.5. The molecule has 7 heteroatoms. The van der Waals surface area contributed by atoms with E-state index in [2.05, 4.69) is 4.98 Å². The number of hydrogen-bond acceptors (Lipinski definition) is 5. The van der Waals surface area contributed by atoms with Gasteiger partial charge < -0.3 is 10.0 Å². The molecule has 0 amide bonds. The molecule has 1 aliphatic rings. The van der Waals surface area contributed by atoms with E-state index in [0.29, 0.717) is 31.7 Å². The van der Waals surface area contributed by atoms with E-state index in [4.69, 9.17) is 5.11 Å². The van der Waals surface area contributed by atoms with Crippen LogP contribution in [0.1, 0.15) is 19.8 Å². The highest BCUT2D eigenvalue weighted by Crippen LogP contribution is 2.35. The standard InChI is InChI=1S/C12H15N3O4/c1-12(11(16)17)4-7-14(8-5-12)10-9(15(18)19)3-2-6-13-10/h2-3,6H,4-5,7-8H2,1H3,(H,16,17). The maximum Gasteiger partial charge on any atom is 0.311 e. The predicted molar refractivity (Wildman–Crippen MR) is 68.1 cm³/mol. The van der Waals surface area contributed by atoms with E-state index in [1.807, 2.05) is 0 Å². The van der Waals surface area contributed by atoms with Crippen molar-refractivity contribution in [1.82, 2.24) is 4.98 Å². The molecule has 19 heavy (non-hydrogen) atoms. The highest BCUT2D eigenvalue weighted by atomic mass is 16.6. The summed E-state index contributed by atoms with van der Waals surface area (Å²) in [5.74, 6) is -0.498. The van der Waals surface area contributed by atoms with Gasteiger partial charge in [-0.25, -0.2) is 4.98 Å². The predicted octanol–water partition coefficient (Wildman–Crippen LogP) is 1.68. The Hall–Kier alpha value is -2.18. The third-order valence-corrected chi connectivity index (χ3v) is 3.65. The second kappa shape index (κ2) is 4.83. The van der Waals surface area contributed by atoms with E-state index in [1.165, 1.54) is 18.3 Å². The van der Waals surface area contributed by atoms with E-state index >= 15 is 0 Å². The number of carbonyl (C=O) groups is 1. The topological polar surface area (TPSA) is 96.6 Å². The Labute approximate surface area is 110 Å². The van der Waals surface area contributed by atoms with Crippen molar-refractivity contribution in [3.8, 4) is 0 Å². The Morgan fingerprint density at radius 3 is 2.68 bits per heavy atom. The Morgan fingerprint density at radius 2 is 2.16 bits per heavy atom. The molecule has 0 spiro atoms. The Kier molecular flexibility index (Phi) is 3.37. The van der Waals surface area contributed by atoms with Gasteiger partial charge in [-0.05, 0) is 25.8 Å². The lowest BCUT2D eigenvalue weighted by atomic mass is 9.80. The first-order chi connectivity index (χ1) is 8.94. The molecular formula is C12H15N3O4. The Bertz CT molecular complexity index is 509. The van der Waals surface area contributed by atoms with Crippen LogP contribution in [0.15, 0.2) is 18.3 Å². The summed E-state index contributed by atoms with van der Waals surface area (Å²) in [6.07, 6.45) is 2.42. The van der Waals surface area contributed by atoms with Crippen LogP contribution in [-0.4, -0.2) is 34.1 Å². The van der Waals surface area contributed by atoms with Crippen molar-refractivity contribution in [3.05, 3.63) is 28.4 Å². The molecule has 1 aromatic heterocycles. The van der Waals surface area contributed by atoms with Crippen molar-refractivity contribution >= 4 is 17.5 Å². The number of pyridine rings is 1. The van der Waals surface area contributed by atoms with Crippen LogP contribution in [0.25, 0.3) is 0 Å². The minimum atomic E-state index is -0.817. The number of aliphatic carboxylic acids is 1. The second-order valence-electron chi connectivity index (χ2n) is 4.96. The zero-order chi connectivity index (χ0) is 14.0. The van der Waals surface area contributed by atoms with Gasteiger partial charge in [-0.2, -0.15) is 0 Å². The lowest BCUT2D eigenvalue weighted by Gasteiger charge is -2.36. The summed E-state index contributed by atoms with van der Waals surface area (Å²) in [5, 5.41) is 20.1. The van der Waals surface area contributed by atoms with Crippen LogP contribution < -0.4 is 4.90 Å². The van der Waals surface area contributed by atoms with Crippen LogP contribution in [-0.2, 0) is 4.79 Å². The number of carboxylic acid groups (broad SMARTS) is 1. The van der Waals surface area contributed by atoms with Crippen LogP contribution in [0.3, 0.4) is 0 Å². The fraction of sp³-hybridized carbons (Fsp3) is 0.500. The molecule has 2 heterocycles. The van der Waals surface area contributed by atoms with Crippen LogP contribution in [0.2, 0.25) is 0 Å². The first kappa shape index (κ1) is 13.3. The first-order valence-electron chi connectivity index (χ1n) is 6.02. The molecule has 1 aromatic rings. The molecule has 102 valence electrons. The molecule has 1 aliphatic heterocycles. The summed E-state index contributed by atoms with van der Waals surface area (Å²) in [5.41, 5.74) is -0.790. The Balaban J connectivity index is 2.19. The molecule has 0 aromatic carbocycles. The molecule has 7 nitrogen and oxygen atoms in total. The molecule has 0 aliphatic carbocycles. The van der Waals surface area contributed by atoms with E-state index in [-0.39, 0.29) is 5.69 Å². The third-order valence-electron chi connectivity index (χ3n) is 3.65. The van der Waals surface area contributed by atoms with Gasteiger partial charge >= 0.3 is 11.7 Å². The van der Waals surface area contributed by atoms with Gasteiger partial charge in [0.05, 0.1) is 10.3 Å². The normalized spacial score (nSPS) is 18.1. The smallest absolute Gasteiger partial charge is 0.311 e. The quantitative estimate of drug-likeness (QED) is 0.659. The molecule has 0 bridgehead atoms. The van der Waals surface area contributed by atoms with E-state index in [9.17, 15) is 14.9 Å². The van der Waals surface area contributed by atoms with Gasteiger partial charge in [-0.15, -0.1) is 0 Å². The number of anilines is 1. The number of nitro groups is 1. The SMILES string of the molecule is CC1(C(=O)O)CCN(c2ncccc2[N+](=O)[O-])CC1. The van der Waals surface area contributed by atoms with Crippen LogP contribution >= 0.6 is 0 Å². The first-order valence-corrected chi connectivity index (χ1v) is 6.02. The zero-order valence-corrected chi connectivity index (χ0v) is 10.6. The van der Waals surface area contributed by atoms with Gasteiger partial charge in [0, 0.05) is 25.4 Å². The van der Waals surface area contributed by atoms with Crippen molar-refractivity contribution in [2.24, 2.45) is 5.41 Å². The molecule has 0 radical (unpaired) electrons. The fourth-order valence-corrected chi connectivity index (χ4v) is 2.20. The lowest BCUT2D eigenvalue weighted by Crippen LogP contribution is -2.43. The highest BCUT2D eigenvalue weighted by molar-refractivity contribution is 5.74. The largest absolute Gasteiger partial charge is 0.481 e. The number of rotatable bonds is 3. The van der Waals surface area contributed by atoms with Crippen molar-refractivity contribution in [1.29, 1.82) is 0 Å². The van der Waals surface area contributed by atoms with Gasteiger partial charge in [0.25, 0.3) is 0 Å². The summed E-state index contributed by atoms with van der Waals surface area (Å²) in [6.45, 7) is 2.63. The highest BCUT2D eigenvalue weighted by Gasteiger charge is 2.38. The van der Waals surface area contributed by atoms with Gasteiger partial charge in [-0.1, -0.05) is 0 Å². The van der Waals surface area contributed by atoms with Gasteiger partial charge in [0.1, 0.15) is 0 Å². The van der Waals surface area contributed by atoms with E-state index < -0.39 is 16.3 Å². The number of carboxylic acids is 1. The molecule has 1 N–H and O–H groups in total. The molecule has 2 rings (SSSR count). The van der Waals surface area contributed by atoms with Crippen LogP contribution in [0, 0.1) is 15.5 Å². The summed E-state index contributed by atoms with van der Waals surface area (Å²) >= 11 is 0. The van der Waals surface area contributed by atoms with Crippen molar-refractivity contribution in [2.45, 2.75) is 19.8 Å². The maximum absolute atomic E-state index is 11.2. The minimum absolute atomic E-state index is 0.0403. The summed E-state index contributed by atoms with van der Waals surface area (Å²) < 4.78 is 0. The summed E-state index contributed by atoms with van der Waals surface area (Å²) in [6, 6.07) is 2.93. The van der Waals surface area contributed by atoms with Gasteiger partial charge in [0.15, 0.2) is 0 Å². The van der Waals surface area contributed by atoms with Crippen molar-refractivity contribution < 1.29 is 14.8 Å². The van der Waals surface area contributed by atoms with Crippen LogP contribution in [0.4, 0.5) is 11.5 Å². The average molecular weight is 265 g/mol. The monoisotopic (exact) mass is 265 g/mol. The molecular weight excluding hydrogens is 250 g/mol. The molecule has 1 saturated heterocycles. The molecule has 1 fully saturated rings. The number of piperidine rings is 1. The number of nitrogens with zero attached hydrogens (tertiary/aromatic N) is 3. The van der Waals surface area contributed by atoms with Gasteiger partial charge in [-0.3, -0.25) is 14.9 Å². The zero-order valence-electron chi connectivity index (χ0n) is 10.6. The number of aromatic nitrogens is 1. The summed E-state index contributed by atoms with van der Waals surface area (Å²) in [7, 11) is 0. The molecule has 0 atom stereocenters. The van der Waals surface area contributed by atoms with Gasteiger partial charge in [0.2, 0.25) is 5.82 Å². The second-order valence-corrected chi connectivity index (χ2v) is 4.96.